The predicted octanol–water partition coefficient (Wildman–Crippen LogP) is 2.60. The third-order valence-corrected chi connectivity index (χ3v) is 2.97. The van der Waals surface area contributed by atoms with Crippen molar-refractivity contribution in [3.8, 4) is 0 Å². The molecule has 2 aromatic rings. The van der Waals surface area contributed by atoms with Crippen molar-refractivity contribution >= 4 is 5.78 Å². The number of rotatable bonds is 3. The maximum absolute atomic E-state index is 13.0. The zero-order chi connectivity index (χ0) is 13.3. The molecule has 0 aliphatic rings. The first-order valence-corrected chi connectivity index (χ1v) is 5.76. The van der Waals surface area contributed by atoms with Gasteiger partial charge in [0.2, 0.25) is 0 Å². The molecule has 94 valence electrons. The van der Waals surface area contributed by atoms with E-state index in [0.29, 0.717) is 5.56 Å². The van der Waals surface area contributed by atoms with Crippen LogP contribution in [0.25, 0.3) is 0 Å². The Hall–Kier alpha value is -1.97. The lowest BCUT2D eigenvalue weighted by atomic mass is 10.00. The molecule has 0 bridgehead atoms. The lowest BCUT2D eigenvalue weighted by Crippen LogP contribution is -2.05. The van der Waals surface area contributed by atoms with Gasteiger partial charge >= 0.3 is 0 Å². The highest BCUT2D eigenvalue weighted by Crippen LogP contribution is 2.15. The summed E-state index contributed by atoms with van der Waals surface area (Å²) in [6, 6.07) is 4.48. The second kappa shape index (κ2) is 4.72. The minimum absolute atomic E-state index is 0.00954. The van der Waals surface area contributed by atoms with Gasteiger partial charge in [-0.1, -0.05) is 6.07 Å². The monoisotopic (exact) mass is 246 g/mol. The number of Topliss-reactive ketones (excluding diaryl/α,β-unsaturated/α-hetero) is 1. The normalized spacial score (nSPS) is 10.7. The first kappa shape index (κ1) is 12.5. The zero-order valence-corrected chi connectivity index (χ0v) is 10.7. The predicted molar refractivity (Wildman–Crippen MR) is 67.1 cm³/mol. The van der Waals surface area contributed by atoms with E-state index in [1.54, 1.807) is 24.0 Å². The van der Waals surface area contributed by atoms with Gasteiger partial charge in [-0.15, -0.1) is 0 Å². The Morgan fingerprint density at radius 3 is 2.67 bits per heavy atom. The van der Waals surface area contributed by atoms with Crippen LogP contribution in [0.2, 0.25) is 0 Å². The minimum atomic E-state index is -0.277. The van der Waals surface area contributed by atoms with Crippen molar-refractivity contribution in [2.45, 2.75) is 20.3 Å². The molecule has 3 nitrogen and oxygen atoms in total. The van der Waals surface area contributed by atoms with Crippen LogP contribution >= 0.6 is 0 Å². The SMILES string of the molecule is Cc1cc(F)ccc1CC(=O)c1cn(C)nc1C. The molecule has 1 aromatic heterocycles. The Bertz CT molecular complexity index is 602. The quantitative estimate of drug-likeness (QED) is 0.780. The van der Waals surface area contributed by atoms with Crippen molar-refractivity contribution in [3.05, 3.63) is 52.6 Å². The number of ketones is 1. The largest absolute Gasteiger partial charge is 0.294 e. The maximum Gasteiger partial charge on any atom is 0.170 e. The first-order chi connectivity index (χ1) is 8.47. The smallest absolute Gasteiger partial charge is 0.170 e. The van der Waals surface area contributed by atoms with Crippen LogP contribution < -0.4 is 0 Å². The van der Waals surface area contributed by atoms with E-state index in [-0.39, 0.29) is 18.0 Å². The van der Waals surface area contributed by atoms with Crippen molar-refractivity contribution in [3.63, 3.8) is 0 Å². The molecule has 1 heterocycles. The standard InChI is InChI=1S/C14H15FN2O/c1-9-6-12(15)5-4-11(9)7-14(18)13-8-17(3)16-10(13)2/h4-6,8H,7H2,1-3H3. The summed E-state index contributed by atoms with van der Waals surface area (Å²) in [4.78, 5) is 12.1. The molecule has 0 aliphatic carbocycles. The Labute approximate surface area is 105 Å². The molecule has 1 aromatic carbocycles. The second-order valence-electron chi connectivity index (χ2n) is 4.47. The van der Waals surface area contributed by atoms with Crippen LogP contribution in [-0.4, -0.2) is 15.6 Å². The first-order valence-electron chi connectivity index (χ1n) is 5.76. The summed E-state index contributed by atoms with van der Waals surface area (Å²) in [5, 5.41) is 4.15. The molecule has 0 amide bonds. The van der Waals surface area contributed by atoms with Crippen molar-refractivity contribution < 1.29 is 9.18 Å². The molecule has 0 aliphatic heterocycles. The molecule has 0 unspecified atom stereocenters. The number of benzene rings is 1. The number of carbonyl (C=O) groups is 1. The van der Waals surface area contributed by atoms with Crippen molar-refractivity contribution in [1.29, 1.82) is 0 Å². The molecule has 18 heavy (non-hydrogen) atoms. The Balaban J connectivity index is 2.24. The van der Waals surface area contributed by atoms with Crippen LogP contribution in [0.5, 0.6) is 0 Å². The van der Waals surface area contributed by atoms with E-state index in [0.717, 1.165) is 16.8 Å². The second-order valence-corrected chi connectivity index (χ2v) is 4.47. The van der Waals surface area contributed by atoms with Gasteiger partial charge in [0.05, 0.1) is 11.3 Å². The van der Waals surface area contributed by atoms with Crippen molar-refractivity contribution in [2.24, 2.45) is 7.05 Å². The fourth-order valence-corrected chi connectivity index (χ4v) is 2.00. The van der Waals surface area contributed by atoms with E-state index in [1.165, 1.54) is 12.1 Å². The van der Waals surface area contributed by atoms with Gasteiger partial charge in [0.25, 0.3) is 0 Å². The molecular weight excluding hydrogens is 231 g/mol. The summed E-state index contributed by atoms with van der Waals surface area (Å²) in [6.45, 7) is 3.62. The summed E-state index contributed by atoms with van der Waals surface area (Å²) in [6.07, 6.45) is 2.00. The number of halogens is 1. The molecule has 0 atom stereocenters. The number of aryl methyl sites for hydroxylation is 3. The van der Waals surface area contributed by atoms with Gasteiger partial charge in [0.15, 0.2) is 5.78 Å². The average Bonchev–Trinajstić information content (AvgIpc) is 2.62. The number of hydrogen-bond acceptors (Lipinski definition) is 2. The van der Waals surface area contributed by atoms with Crippen LogP contribution in [0.15, 0.2) is 24.4 Å². The van der Waals surface area contributed by atoms with Crippen LogP contribution in [0.4, 0.5) is 4.39 Å². The number of nitrogens with zero attached hydrogens (tertiary/aromatic N) is 2. The van der Waals surface area contributed by atoms with Crippen LogP contribution in [-0.2, 0) is 13.5 Å². The lowest BCUT2D eigenvalue weighted by molar-refractivity contribution is 0.0992. The molecule has 0 N–H and O–H groups in total. The molecule has 2 rings (SSSR count). The summed E-state index contributed by atoms with van der Waals surface area (Å²) in [7, 11) is 1.78. The molecular formula is C14H15FN2O. The van der Waals surface area contributed by atoms with E-state index >= 15 is 0 Å². The molecule has 0 spiro atoms. The van der Waals surface area contributed by atoms with E-state index in [9.17, 15) is 9.18 Å². The zero-order valence-electron chi connectivity index (χ0n) is 10.7. The molecule has 0 saturated heterocycles. The summed E-state index contributed by atoms with van der Waals surface area (Å²) in [5.74, 6) is -0.267. The fourth-order valence-electron chi connectivity index (χ4n) is 2.00. The third kappa shape index (κ3) is 2.47. The van der Waals surface area contributed by atoms with Gasteiger partial charge in [-0.25, -0.2) is 4.39 Å². The number of hydrogen-bond donors (Lipinski definition) is 0. The Morgan fingerprint density at radius 2 is 2.11 bits per heavy atom. The Kier molecular flexibility index (Phi) is 3.28. The average molecular weight is 246 g/mol. The van der Waals surface area contributed by atoms with Crippen LogP contribution in [0.1, 0.15) is 27.2 Å². The molecule has 0 saturated carbocycles. The van der Waals surface area contributed by atoms with Crippen molar-refractivity contribution in [1.82, 2.24) is 9.78 Å². The van der Waals surface area contributed by atoms with Gasteiger partial charge < -0.3 is 0 Å². The summed E-state index contributed by atoms with van der Waals surface area (Å²) < 4.78 is 14.6. The Morgan fingerprint density at radius 1 is 1.39 bits per heavy atom. The lowest BCUT2D eigenvalue weighted by Gasteiger charge is -2.04. The highest BCUT2D eigenvalue weighted by atomic mass is 19.1. The molecule has 4 heteroatoms. The topological polar surface area (TPSA) is 34.9 Å². The highest BCUT2D eigenvalue weighted by Gasteiger charge is 2.14. The van der Waals surface area contributed by atoms with Gasteiger partial charge in [0, 0.05) is 19.7 Å². The maximum atomic E-state index is 13.0. The van der Waals surface area contributed by atoms with Crippen LogP contribution in [0.3, 0.4) is 0 Å². The van der Waals surface area contributed by atoms with Gasteiger partial charge in [0.1, 0.15) is 5.82 Å². The fraction of sp³-hybridized carbons (Fsp3) is 0.286. The molecule has 0 fully saturated rings. The van der Waals surface area contributed by atoms with E-state index < -0.39 is 0 Å². The van der Waals surface area contributed by atoms with E-state index in [2.05, 4.69) is 5.10 Å². The summed E-state index contributed by atoms with van der Waals surface area (Å²) in [5.41, 5.74) is 3.00. The molecule has 0 radical (unpaired) electrons. The van der Waals surface area contributed by atoms with Crippen molar-refractivity contribution in [2.75, 3.05) is 0 Å². The van der Waals surface area contributed by atoms with E-state index in [1.807, 2.05) is 13.8 Å². The summed E-state index contributed by atoms with van der Waals surface area (Å²) >= 11 is 0. The van der Waals surface area contributed by atoms with Crippen LogP contribution in [0, 0.1) is 19.7 Å². The minimum Gasteiger partial charge on any atom is -0.294 e. The number of aromatic nitrogens is 2. The highest BCUT2D eigenvalue weighted by molar-refractivity contribution is 5.98. The van der Waals surface area contributed by atoms with E-state index in [4.69, 9.17) is 0 Å². The van der Waals surface area contributed by atoms with Gasteiger partial charge in [-0.05, 0) is 37.1 Å². The van der Waals surface area contributed by atoms with Gasteiger partial charge in [-0.2, -0.15) is 5.10 Å². The number of carbonyl (C=O) groups excluding carboxylic acids is 1. The third-order valence-electron chi connectivity index (χ3n) is 2.97. The van der Waals surface area contributed by atoms with Gasteiger partial charge in [-0.3, -0.25) is 9.48 Å².